The molecular weight excluding hydrogens is 232 g/mol. The summed E-state index contributed by atoms with van der Waals surface area (Å²) in [6.45, 7) is 2.02. The highest BCUT2D eigenvalue weighted by Crippen LogP contribution is 2.47. The van der Waals surface area contributed by atoms with Gasteiger partial charge in [0.05, 0.1) is 10.4 Å². The number of nitrogens with zero attached hydrogens (tertiary/aromatic N) is 1. The molecule has 1 aromatic carbocycles. The van der Waals surface area contributed by atoms with Crippen molar-refractivity contribution in [1.82, 2.24) is 0 Å². The zero-order valence-electron chi connectivity index (χ0n) is 10.1. The number of nitrogens with two attached hydrogens (primary N) is 1. The van der Waals surface area contributed by atoms with Gasteiger partial charge in [-0.25, -0.2) is 0 Å². The number of carbonyl (C=O) groups is 1. The highest BCUT2D eigenvalue weighted by molar-refractivity contribution is 7.80. The van der Waals surface area contributed by atoms with E-state index in [1.165, 1.54) is 5.56 Å². The molecule has 0 spiro atoms. The summed E-state index contributed by atoms with van der Waals surface area (Å²) in [5.41, 5.74) is 7.13. The molecular formula is C13H16N2OS. The lowest BCUT2D eigenvalue weighted by atomic mass is 10.1. The zero-order valence-corrected chi connectivity index (χ0v) is 10.9. The van der Waals surface area contributed by atoms with Crippen molar-refractivity contribution < 1.29 is 4.79 Å². The highest BCUT2D eigenvalue weighted by Gasteiger charge is 2.54. The van der Waals surface area contributed by atoms with Gasteiger partial charge >= 0.3 is 0 Å². The van der Waals surface area contributed by atoms with Crippen LogP contribution in [-0.4, -0.2) is 17.9 Å². The third-order valence-corrected chi connectivity index (χ3v) is 3.75. The van der Waals surface area contributed by atoms with Crippen molar-refractivity contribution in [3.05, 3.63) is 29.8 Å². The highest BCUT2D eigenvalue weighted by atomic mass is 32.1. The van der Waals surface area contributed by atoms with Crippen LogP contribution in [0.25, 0.3) is 0 Å². The lowest BCUT2D eigenvalue weighted by molar-refractivity contribution is -0.121. The fraction of sp³-hybridized carbons (Fsp3) is 0.385. The molecule has 1 amide bonds. The number of hydrogen-bond acceptors (Lipinski definition) is 2. The summed E-state index contributed by atoms with van der Waals surface area (Å²) in [6, 6.07) is 7.84. The number of thiocarbonyl (C=S) groups is 1. The monoisotopic (exact) mass is 248 g/mol. The zero-order chi connectivity index (χ0) is 12.6. The maximum atomic E-state index is 12.3. The Morgan fingerprint density at radius 3 is 2.29 bits per heavy atom. The van der Waals surface area contributed by atoms with E-state index in [2.05, 4.69) is 0 Å². The first-order valence-corrected chi connectivity index (χ1v) is 6.03. The standard InChI is InChI=1S/C13H16N2OS/c1-9-3-5-10(6-4-9)15(2)12(16)13(7-8-13)11(14)17/h3-6H,7-8H2,1-2H3,(H2,14,17). The van der Waals surface area contributed by atoms with Gasteiger partial charge in [-0.3, -0.25) is 4.79 Å². The summed E-state index contributed by atoms with van der Waals surface area (Å²) in [7, 11) is 1.77. The molecule has 4 heteroatoms. The second-order valence-electron chi connectivity index (χ2n) is 4.65. The second-order valence-corrected chi connectivity index (χ2v) is 5.09. The van der Waals surface area contributed by atoms with Crippen LogP contribution in [0.2, 0.25) is 0 Å². The number of rotatable bonds is 3. The Hall–Kier alpha value is -1.42. The van der Waals surface area contributed by atoms with E-state index >= 15 is 0 Å². The van der Waals surface area contributed by atoms with Crippen LogP contribution in [0, 0.1) is 12.3 Å². The number of aryl methyl sites for hydroxylation is 1. The van der Waals surface area contributed by atoms with Crippen molar-refractivity contribution in [1.29, 1.82) is 0 Å². The maximum Gasteiger partial charge on any atom is 0.239 e. The number of amides is 1. The summed E-state index contributed by atoms with van der Waals surface area (Å²) >= 11 is 4.99. The minimum Gasteiger partial charge on any atom is -0.392 e. The molecule has 0 saturated heterocycles. The molecule has 3 nitrogen and oxygen atoms in total. The van der Waals surface area contributed by atoms with Gasteiger partial charge in [-0.05, 0) is 31.9 Å². The molecule has 2 N–H and O–H groups in total. The van der Waals surface area contributed by atoms with Gasteiger partial charge in [0.15, 0.2) is 0 Å². The van der Waals surface area contributed by atoms with Crippen LogP contribution in [0.5, 0.6) is 0 Å². The Kier molecular flexibility index (Phi) is 2.91. The quantitative estimate of drug-likeness (QED) is 0.832. The van der Waals surface area contributed by atoms with Gasteiger partial charge in [-0.2, -0.15) is 0 Å². The Bertz CT molecular complexity index is 463. The Balaban J connectivity index is 2.21. The Morgan fingerprint density at radius 2 is 1.88 bits per heavy atom. The predicted molar refractivity (Wildman–Crippen MR) is 73.0 cm³/mol. The SMILES string of the molecule is Cc1ccc(N(C)C(=O)C2(C(N)=S)CC2)cc1. The molecule has 0 aromatic heterocycles. The van der Waals surface area contributed by atoms with Gasteiger partial charge in [0, 0.05) is 12.7 Å². The number of carbonyl (C=O) groups excluding carboxylic acids is 1. The Morgan fingerprint density at radius 1 is 1.35 bits per heavy atom. The third-order valence-electron chi connectivity index (χ3n) is 3.36. The molecule has 0 aliphatic heterocycles. The molecule has 1 aliphatic rings. The van der Waals surface area contributed by atoms with E-state index in [0.717, 1.165) is 18.5 Å². The smallest absolute Gasteiger partial charge is 0.239 e. The molecule has 0 radical (unpaired) electrons. The normalized spacial score (nSPS) is 16.4. The van der Waals surface area contributed by atoms with E-state index < -0.39 is 5.41 Å². The molecule has 0 atom stereocenters. The van der Waals surface area contributed by atoms with Gasteiger partial charge in [-0.15, -0.1) is 0 Å². The van der Waals surface area contributed by atoms with Gasteiger partial charge in [0.1, 0.15) is 0 Å². The second kappa shape index (κ2) is 4.11. The van der Waals surface area contributed by atoms with Crippen molar-refractivity contribution in [2.75, 3.05) is 11.9 Å². The van der Waals surface area contributed by atoms with E-state index in [9.17, 15) is 4.79 Å². The first kappa shape index (κ1) is 12.0. The third kappa shape index (κ3) is 2.05. The van der Waals surface area contributed by atoms with Gasteiger partial charge in [0.25, 0.3) is 0 Å². The maximum absolute atomic E-state index is 12.3. The van der Waals surface area contributed by atoms with Crippen LogP contribution in [-0.2, 0) is 4.79 Å². The molecule has 1 aromatic rings. The number of hydrogen-bond donors (Lipinski definition) is 1. The first-order valence-electron chi connectivity index (χ1n) is 5.62. The number of anilines is 1. The topological polar surface area (TPSA) is 46.3 Å². The molecule has 2 rings (SSSR count). The largest absolute Gasteiger partial charge is 0.392 e. The molecule has 90 valence electrons. The van der Waals surface area contributed by atoms with Crippen LogP contribution in [0.1, 0.15) is 18.4 Å². The fourth-order valence-corrected chi connectivity index (χ4v) is 2.19. The van der Waals surface area contributed by atoms with Crippen molar-refractivity contribution in [3.8, 4) is 0 Å². The molecule has 0 bridgehead atoms. The summed E-state index contributed by atoms with van der Waals surface area (Å²) in [4.78, 5) is 14.3. The van der Waals surface area contributed by atoms with Crippen molar-refractivity contribution in [3.63, 3.8) is 0 Å². The first-order chi connectivity index (χ1) is 7.97. The molecule has 1 saturated carbocycles. The fourth-order valence-electron chi connectivity index (χ4n) is 1.90. The van der Waals surface area contributed by atoms with Gasteiger partial charge in [-0.1, -0.05) is 29.9 Å². The lowest BCUT2D eigenvalue weighted by Gasteiger charge is -2.23. The van der Waals surface area contributed by atoms with E-state index in [0.29, 0.717) is 4.99 Å². The average molecular weight is 248 g/mol. The van der Waals surface area contributed by atoms with Crippen LogP contribution in [0.3, 0.4) is 0 Å². The minimum atomic E-state index is -0.574. The molecule has 0 heterocycles. The minimum absolute atomic E-state index is 0.00820. The van der Waals surface area contributed by atoms with E-state index in [-0.39, 0.29) is 5.91 Å². The van der Waals surface area contributed by atoms with E-state index in [1.807, 2.05) is 31.2 Å². The van der Waals surface area contributed by atoms with Crippen LogP contribution >= 0.6 is 12.2 Å². The summed E-state index contributed by atoms with van der Waals surface area (Å²) < 4.78 is 0. The Labute approximate surface area is 107 Å². The summed E-state index contributed by atoms with van der Waals surface area (Å²) in [6.07, 6.45) is 1.55. The summed E-state index contributed by atoms with van der Waals surface area (Å²) in [5.74, 6) is 0.00820. The molecule has 0 unspecified atom stereocenters. The van der Waals surface area contributed by atoms with Crippen molar-refractivity contribution >= 4 is 28.8 Å². The summed E-state index contributed by atoms with van der Waals surface area (Å²) in [5, 5.41) is 0. The predicted octanol–water partition coefficient (Wildman–Crippen LogP) is 2.02. The number of benzene rings is 1. The van der Waals surface area contributed by atoms with Crippen molar-refractivity contribution in [2.45, 2.75) is 19.8 Å². The van der Waals surface area contributed by atoms with Crippen molar-refractivity contribution in [2.24, 2.45) is 11.1 Å². The average Bonchev–Trinajstić information content (AvgIpc) is 3.09. The van der Waals surface area contributed by atoms with Crippen LogP contribution < -0.4 is 10.6 Å². The van der Waals surface area contributed by atoms with Crippen LogP contribution in [0.15, 0.2) is 24.3 Å². The molecule has 17 heavy (non-hydrogen) atoms. The molecule has 1 fully saturated rings. The van der Waals surface area contributed by atoms with Crippen LogP contribution in [0.4, 0.5) is 5.69 Å². The molecule has 1 aliphatic carbocycles. The lowest BCUT2D eigenvalue weighted by Crippen LogP contribution is -2.40. The van der Waals surface area contributed by atoms with Gasteiger partial charge < -0.3 is 10.6 Å². The van der Waals surface area contributed by atoms with E-state index in [4.69, 9.17) is 18.0 Å². The van der Waals surface area contributed by atoms with E-state index in [1.54, 1.807) is 11.9 Å². The van der Waals surface area contributed by atoms with Gasteiger partial charge in [0.2, 0.25) is 5.91 Å².